The lowest BCUT2D eigenvalue weighted by Gasteiger charge is -2.28. The third-order valence-corrected chi connectivity index (χ3v) is 6.00. The van der Waals surface area contributed by atoms with Crippen molar-refractivity contribution in [3.05, 3.63) is 60.2 Å². The Labute approximate surface area is 195 Å². The van der Waals surface area contributed by atoms with Gasteiger partial charge in [0.2, 0.25) is 5.91 Å². The first-order valence-electron chi connectivity index (χ1n) is 11.6. The van der Waals surface area contributed by atoms with Crippen molar-refractivity contribution in [1.29, 1.82) is 0 Å². The molecule has 0 radical (unpaired) electrons. The average molecular weight is 455 g/mol. The van der Waals surface area contributed by atoms with Crippen LogP contribution < -0.4 is 15.8 Å². The second-order valence-electron chi connectivity index (χ2n) is 8.44. The van der Waals surface area contributed by atoms with Gasteiger partial charge in [0, 0.05) is 19.4 Å². The molecule has 3 N–H and O–H groups in total. The number of nitrogens with two attached hydrogens (primary N) is 1. The summed E-state index contributed by atoms with van der Waals surface area (Å²) >= 11 is 0. The van der Waals surface area contributed by atoms with E-state index in [0.29, 0.717) is 31.2 Å². The number of nitrogens with one attached hydrogen (secondary N) is 1. The summed E-state index contributed by atoms with van der Waals surface area (Å²) in [5, 5.41) is 2.94. The molecule has 2 aromatic rings. The lowest BCUT2D eigenvalue weighted by molar-refractivity contribution is -0.149. The van der Waals surface area contributed by atoms with Crippen molar-refractivity contribution in [2.24, 2.45) is 17.6 Å². The van der Waals surface area contributed by atoms with E-state index in [9.17, 15) is 9.59 Å². The van der Waals surface area contributed by atoms with Crippen LogP contribution >= 0.6 is 0 Å². The molecule has 1 amide bonds. The Bertz CT molecular complexity index is 881. The first kappa shape index (κ1) is 24.7. The lowest BCUT2D eigenvalue weighted by atomic mass is 9.81. The minimum atomic E-state index is -0.784. The van der Waals surface area contributed by atoms with E-state index >= 15 is 0 Å². The van der Waals surface area contributed by atoms with Gasteiger partial charge in [-0.25, -0.2) is 4.79 Å². The molecule has 0 aliphatic heterocycles. The molecule has 0 bridgehead atoms. The maximum Gasteiger partial charge on any atom is 0.329 e. The van der Waals surface area contributed by atoms with Crippen LogP contribution in [0.15, 0.2) is 54.6 Å². The Morgan fingerprint density at radius 2 is 1.73 bits per heavy atom. The number of para-hydroxylation sites is 1. The maximum absolute atomic E-state index is 12.9. The first-order chi connectivity index (χ1) is 16.1. The van der Waals surface area contributed by atoms with Crippen LogP contribution in [0.2, 0.25) is 0 Å². The zero-order valence-electron chi connectivity index (χ0n) is 19.2. The first-order valence-corrected chi connectivity index (χ1v) is 11.6. The van der Waals surface area contributed by atoms with Crippen LogP contribution in [0.25, 0.3) is 0 Å². The van der Waals surface area contributed by atoms with Gasteiger partial charge in [0.05, 0.1) is 6.61 Å². The number of esters is 1. The van der Waals surface area contributed by atoms with Gasteiger partial charge in [-0.15, -0.1) is 0 Å². The second-order valence-corrected chi connectivity index (χ2v) is 8.44. The number of amides is 1. The molecule has 0 heterocycles. The summed E-state index contributed by atoms with van der Waals surface area (Å²) in [6, 6.07) is 16.2. The fourth-order valence-corrected chi connectivity index (χ4v) is 4.07. The van der Waals surface area contributed by atoms with Crippen LogP contribution in [0.1, 0.15) is 31.2 Å². The highest BCUT2D eigenvalue weighted by Crippen LogP contribution is 2.28. The number of benzene rings is 2. The number of hydrogen-bond acceptors (Lipinski definition) is 6. The molecule has 1 aliphatic rings. The molecule has 0 saturated heterocycles. The maximum atomic E-state index is 12.9. The Morgan fingerprint density at radius 3 is 2.42 bits per heavy atom. The molecule has 1 fully saturated rings. The van der Waals surface area contributed by atoms with E-state index in [1.165, 1.54) is 0 Å². The van der Waals surface area contributed by atoms with Crippen molar-refractivity contribution >= 4 is 11.9 Å². The molecular formula is C26H34N2O5. The zero-order valence-corrected chi connectivity index (χ0v) is 19.2. The molecular weight excluding hydrogens is 420 g/mol. The summed E-state index contributed by atoms with van der Waals surface area (Å²) in [6.07, 6.45) is 3.77. The van der Waals surface area contributed by atoms with Gasteiger partial charge < -0.3 is 25.3 Å². The molecule has 1 aliphatic carbocycles. The van der Waals surface area contributed by atoms with E-state index < -0.39 is 12.0 Å². The summed E-state index contributed by atoms with van der Waals surface area (Å²) in [6.45, 7) is 1.10. The Kier molecular flexibility index (Phi) is 9.72. The van der Waals surface area contributed by atoms with Crippen molar-refractivity contribution in [1.82, 2.24) is 5.32 Å². The van der Waals surface area contributed by atoms with Crippen molar-refractivity contribution < 1.29 is 23.8 Å². The van der Waals surface area contributed by atoms with E-state index in [2.05, 4.69) is 5.32 Å². The van der Waals surface area contributed by atoms with E-state index in [-0.39, 0.29) is 18.4 Å². The summed E-state index contributed by atoms with van der Waals surface area (Å²) in [5.74, 6) is 1.20. The fourth-order valence-electron chi connectivity index (χ4n) is 4.07. The lowest BCUT2D eigenvalue weighted by Crippen LogP contribution is -2.46. The molecule has 2 aromatic carbocycles. The average Bonchev–Trinajstić information content (AvgIpc) is 2.84. The van der Waals surface area contributed by atoms with Gasteiger partial charge >= 0.3 is 5.97 Å². The number of methoxy groups -OCH3 is 1. The minimum absolute atomic E-state index is 0.101. The predicted molar refractivity (Wildman–Crippen MR) is 126 cm³/mol. The van der Waals surface area contributed by atoms with Crippen LogP contribution in [0.3, 0.4) is 0 Å². The number of carbonyl (C=O) groups excluding carboxylic acids is 2. The van der Waals surface area contributed by atoms with Gasteiger partial charge in [-0.2, -0.15) is 0 Å². The van der Waals surface area contributed by atoms with E-state index in [1.54, 1.807) is 7.11 Å². The molecule has 7 nitrogen and oxygen atoms in total. The third-order valence-electron chi connectivity index (χ3n) is 6.00. The minimum Gasteiger partial charge on any atom is -0.462 e. The van der Waals surface area contributed by atoms with Gasteiger partial charge in [-0.1, -0.05) is 30.3 Å². The Hall–Kier alpha value is -2.90. The monoisotopic (exact) mass is 454 g/mol. The smallest absolute Gasteiger partial charge is 0.329 e. The van der Waals surface area contributed by atoms with Gasteiger partial charge in [0.25, 0.3) is 0 Å². The third kappa shape index (κ3) is 7.87. The Morgan fingerprint density at radius 1 is 1.00 bits per heavy atom. The van der Waals surface area contributed by atoms with Crippen molar-refractivity contribution in [2.45, 2.75) is 38.1 Å². The highest BCUT2D eigenvalue weighted by Gasteiger charge is 2.30. The molecule has 0 spiro atoms. The quantitative estimate of drug-likeness (QED) is 0.398. The number of ether oxygens (including phenoxy) is 3. The van der Waals surface area contributed by atoms with Crippen LogP contribution in [-0.4, -0.2) is 44.8 Å². The van der Waals surface area contributed by atoms with Gasteiger partial charge in [0.15, 0.2) is 0 Å². The van der Waals surface area contributed by atoms with Gasteiger partial charge in [-0.05, 0) is 68.0 Å². The van der Waals surface area contributed by atoms with Crippen LogP contribution in [-0.2, 0) is 25.5 Å². The summed E-state index contributed by atoms with van der Waals surface area (Å²) in [4.78, 5) is 25.7. The van der Waals surface area contributed by atoms with Crippen molar-refractivity contribution in [2.75, 3.05) is 26.9 Å². The SMILES string of the molecule is COCCOC(=O)[C@H](Cc1cccc(Oc2ccccc2)c1)NC(=O)C1CCC(CN)CC1. The molecule has 1 atom stereocenters. The van der Waals surface area contributed by atoms with Crippen molar-refractivity contribution in [3.63, 3.8) is 0 Å². The molecule has 3 rings (SSSR count). The van der Waals surface area contributed by atoms with Gasteiger partial charge in [0.1, 0.15) is 24.1 Å². The van der Waals surface area contributed by atoms with Crippen molar-refractivity contribution in [3.8, 4) is 11.5 Å². The van der Waals surface area contributed by atoms with Crippen LogP contribution in [0, 0.1) is 11.8 Å². The zero-order chi connectivity index (χ0) is 23.5. The molecule has 33 heavy (non-hydrogen) atoms. The topological polar surface area (TPSA) is 99.9 Å². The van der Waals surface area contributed by atoms with E-state index in [1.807, 2.05) is 54.6 Å². The van der Waals surface area contributed by atoms with Gasteiger partial charge in [-0.3, -0.25) is 4.79 Å². The molecule has 178 valence electrons. The molecule has 0 aromatic heterocycles. The standard InChI is InChI=1S/C26H34N2O5/c1-31-14-15-32-26(30)24(28-25(29)21-12-10-19(18-27)11-13-21)17-20-6-5-9-23(16-20)33-22-7-3-2-4-8-22/h2-9,16,19,21,24H,10-15,17-18,27H2,1H3,(H,28,29)/t19?,21?,24-/m0/s1. The number of carbonyl (C=O) groups is 2. The van der Waals surface area contributed by atoms with Crippen LogP contribution in [0.5, 0.6) is 11.5 Å². The molecule has 0 unspecified atom stereocenters. The van der Waals surface area contributed by atoms with E-state index in [0.717, 1.165) is 37.0 Å². The summed E-state index contributed by atoms with van der Waals surface area (Å²) in [5.41, 5.74) is 6.63. The highest BCUT2D eigenvalue weighted by atomic mass is 16.6. The predicted octanol–water partition coefficient (Wildman–Crippen LogP) is 3.46. The van der Waals surface area contributed by atoms with E-state index in [4.69, 9.17) is 19.9 Å². The number of rotatable bonds is 11. The van der Waals surface area contributed by atoms with Crippen LogP contribution in [0.4, 0.5) is 0 Å². The highest BCUT2D eigenvalue weighted by molar-refractivity contribution is 5.86. The normalized spacial score (nSPS) is 18.8. The molecule has 7 heteroatoms. The summed E-state index contributed by atoms with van der Waals surface area (Å²) in [7, 11) is 1.54. The Balaban J connectivity index is 1.67. The molecule has 1 saturated carbocycles. The second kappa shape index (κ2) is 13.0. The number of hydrogen-bond donors (Lipinski definition) is 2. The largest absolute Gasteiger partial charge is 0.462 e. The summed E-state index contributed by atoms with van der Waals surface area (Å²) < 4.78 is 16.2. The fraction of sp³-hybridized carbons (Fsp3) is 0.462.